The summed E-state index contributed by atoms with van der Waals surface area (Å²) in [6, 6.07) is 5.44. The van der Waals surface area contributed by atoms with Gasteiger partial charge in [0.1, 0.15) is 17.2 Å². The lowest BCUT2D eigenvalue weighted by atomic mass is 10.1. The molecular formula is C24H21N9O2. The molecule has 6 rings (SSSR count). The maximum absolute atomic E-state index is 12.8. The van der Waals surface area contributed by atoms with Crippen molar-refractivity contribution >= 4 is 39.2 Å². The molecule has 11 nitrogen and oxygen atoms in total. The largest absolute Gasteiger partial charge is 0.383 e. The second-order valence-corrected chi connectivity index (χ2v) is 8.80. The van der Waals surface area contributed by atoms with Crippen LogP contribution in [0.5, 0.6) is 0 Å². The van der Waals surface area contributed by atoms with Crippen molar-refractivity contribution in [2.24, 2.45) is 20.0 Å². The zero-order valence-corrected chi connectivity index (χ0v) is 19.0. The number of carbonyl (C=O) groups excluding carboxylic acids is 1. The maximum Gasteiger partial charge on any atom is 0.292 e. The third-order valence-electron chi connectivity index (χ3n) is 6.36. The van der Waals surface area contributed by atoms with Crippen LogP contribution in [-0.4, -0.2) is 40.4 Å². The van der Waals surface area contributed by atoms with E-state index in [1.807, 2.05) is 19.3 Å². The van der Waals surface area contributed by atoms with Gasteiger partial charge in [-0.05, 0) is 41.5 Å². The van der Waals surface area contributed by atoms with Crippen LogP contribution >= 0.6 is 0 Å². The summed E-state index contributed by atoms with van der Waals surface area (Å²) < 4.78 is 2.98. The molecule has 5 aromatic rings. The Morgan fingerprint density at radius 2 is 1.91 bits per heavy atom. The van der Waals surface area contributed by atoms with E-state index in [2.05, 4.69) is 30.5 Å². The molecule has 0 saturated heterocycles. The average Bonchev–Trinajstić information content (AvgIpc) is 3.54. The molecule has 0 aromatic carbocycles. The number of fused-ring (bicyclic) bond motifs is 2. The van der Waals surface area contributed by atoms with Gasteiger partial charge in [-0.1, -0.05) is 0 Å². The van der Waals surface area contributed by atoms with E-state index in [0.717, 1.165) is 17.4 Å². The Labute approximate surface area is 198 Å². The topological polar surface area (TPSA) is 146 Å². The molecule has 2 unspecified atom stereocenters. The third kappa shape index (κ3) is 3.66. The SMILES string of the molecule is Cn1cc(C2CC2C(=O)Nc2cc3cc(-c4cnc5c(=O)n(C)ncc5c4)nc(N)c3cn2)cn1. The number of nitrogens with zero attached hydrogens (tertiary/aromatic N) is 7. The van der Waals surface area contributed by atoms with E-state index in [1.165, 1.54) is 4.68 Å². The normalized spacial score (nSPS) is 17.1. The summed E-state index contributed by atoms with van der Waals surface area (Å²) in [7, 11) is 3.44. The molecule has 35 heavy (non-hydrogen) atoms. The van der Waals surface area contributed by atoms with Crippen LogP contribution in [0.15, 0.2) is 54.0 Å². The lowest BCUT2D eigenvalue weighted by Gasteiger charge is -2.09. The van der Waals surface area contributed by atoms with Crippen molar-refractivity contribution in [2.75, 3.05) is 11.1 Å². The van der Waals surface area contributed by atoms with Crippen molar-refractivity contribution in [3.8, 4) is 11.3 Å². The van der Waals surface area contributed by atoms with E-state index in [4.69, 9.17) is 5.73 Å². The summed E-state index contributed by atoms with van der Waals surface area (Å²) in [5.74, 6) is 0.770. The Balaban J connectivity index is 1.29. The fourth-order valence-electron chi connectivity index (χ4n) is 4.35. The fourth-order valence-corrected chi connectivity index (χ4v) is 4.35. The summed E-state index contributed by atoms with van der Waals surface area (Å²) in [5.41, 5.74) is 8.63. The molecule has 1 saturated carbocycles. The fraction of sp³-hybridized carbons (Fsp3) is 0.208. The minimum atomic E-state index is -0.270. The average molecular weight is 467 g/mol. The van der Waals surface area contributed by atoms with Crippen LogP contribution in [0, 0.1) is 5.92 Å². The van der Waals surface area contributed by atoms with Crippen LogP contribution in [0.3, 0.4) is 0 Å². The van der Waals surface area contributed by atoms with Crippen molar-refractivity contribution in [1.29, 1.82) is 0 Å². The summed E-state index contributed by atoms with van der Waals surface area (Å²) >= 11 is 0. The van der Waals surface area contributed by atoms with Gasteiger partial charge in [-0.2, -0.15) is 10.2 Å². The second-order valence-electron chi connectivity index (χ2n) is 8.80. The monoisotopic (exact) mass is 467 g/mol. The number of aromatic nitrogens is 7. The van der Waals surface area contributed by atoms with Gasteiger partial charge < -0.3 is 11.1 Å². The molecule has 0 bridgehead atoms. The Morgan fingerprint density at radius 1 is 1.06 bits per heavy atom. The highest BCUT2D eigenvalue weighted by Crippen LogP contribution is 2.47. The molecule has 0 aliphatic heterocycles. The molecular weight excluding hydrogens is 446 g/mol. The van der Waals surface area contributed by atoms with Crippen molar-refractivity contribution in [3.63, 3.8) is 0 Å². The smallest absolute Gasteiger partial charge is 0.292 e. The maximum atomic E-state index is 12.8. The number of anilines is 2. The summed E-state index contributed by atoms with van der Waals surface area (Å²) in [5, 5.41) is 13.2. The van der Waals surface area contributed by atoms with E-state index in [0.29, 0.717) is 39.2 Å². The van der Waals surface area contributed by atoms with Crippen molar-refractivity contribution in [2.45, 2.75) is 12.3 Å². The van der Waals surface area contributed by atoms with Crippen molar-refractivity contribution < 1.29 is 4.79 Å². The number of rotatable bonds is 4. The molecule has 2 atom stereocenters. The van der Waals surface area contributed by atoms with Gasteiger partial charge in [-0.25, -0.2) is 19.6 Å². The summed E-state index contributed by atoms with van der Waals surface area (Å²) in [6.45, 7) is 0. The van der Waals surface area contributed by atoms with Crippen LogP contribution in [0.1, 0.15) is 17.9 Å². The molecule has 0 spiro atoms. The van der Waals surface area contributed by atoms with E-state index < -0.39 is 0 Å². The van der Waals surface area contributed by atoms with Gasteiger partial charge in [0.15, 0.2) is 0 Å². The number of hydrogen-bond donors (Lipinski definition) is 2. The molecule has 5 heterocycles. The van der Waals surface area contributed by atoms with Gasteiger partial charge in [-0.15, -0.1) is 0 Å². The van der Waals surface area contributed by atoms with Gasteiger partial charge in [0.2, 0.25) is 5.91 Å². The molecule has 1 fully saturated rings. The van der Waals surface area contributed by atoms with Crippen LogP contribution in [-0.2, 0) is 18.9 Å². The number of aryl methyl sites for hydroxylation is 2. The van der Waals surface area contributed by atoms with Gasteiger partial charge in [0.25, 0.3) is 5.56 Å². The predicted molar refractivity (Wildman–Crippen MR) is 130 cm³/mol. The molecule has 0 radical (unpaired) electrons. The minimum Gasteiger partial charge on any atom is -0.383 e. The highest BCUT2D eigenvalue weighted by atomic mass is 16.2. The Bertz CT molecular complexity index is 1710. The zero-order valence-electron chi connectivity index (χ0n) is 19.0. The number of pyridine rings is 3. The second kappa shape index (κ2) is 7.69. The molecule has 5 aromatic heterocycles. The minimum absolute atomic E-state index is 0.0687. The van der Waals surface area contributed by atoms with E-state index >= 15 is 0 Å². The van der Waals surface area contributed by atoms with E-state index in [-0.39, 0.29) is 23.3 Å². The Hall–Kier alpha value is -4.67. The molecule has 1 amide bonds. The summed E-state index contributed by atoms with van der Waals surface area (Å²) in [4.78, 5) is 38.2. The first-order valence-electron chi connectivity index (χ1n) is 11.1. The first-order chi connectivity index (χ1) is 16.9. The lowest BCUT2D eigenvalue weighted by Crippen LogP contribution is -2.19. The highest BCUT2D eigenvalue weighted by Gasteiger charge is 2.44. The molecule has 1 aliphatic rings. The number of nitrogens with two attached hydrogens (primary N) is 1. The van der Waals surface area contributed by atoms with Crippen LogP contribution < -0.4 is 16.6 Å². The number of amides is 1. The van der Waals surface area contributed by atoms with Gasteiger partial charge >= 0.3 is 0 Å². The molecule has 174 valence electrons. The van der Waals surface area contributed by atoms with E-state index in [1.54, 1.807) is 48.6 Å². The zero-order chi connectivity index (χ0) is 24.3. The molecule has 11 heteroatoms. The van der Waals surface area contributed by atoms with Crippen molar-refractivity contribution in [1.82, 2.24) is 34.5 Å². The molecule has 1 aliphatic carbocycles. The standard InChI is InChI=1S/C24H21N9O2/c1-32-11-15(9-28-32)16-6-17(16)23(34)31-20-5-12-4-19(30-22(25)18(12)10-26-20)13-3-14-8-29-33(2)24(35)21(14)27-7-13/h3-5,7-11,16-17H,6H2,1-2H3,(H2,25,30)(H,26,31,34). The van der Waals surface area contributed by atoms with Gasteiger partial charge in [-0.3, -0.25) is 14.3 Å². The number of hydrogen-bond acceptors (Lipinski definition) is 8. The van der Waals surface area contributed by atoms with Gasteiger partial charge in [0.05, 0.1) is 18.1 Å². The van der Waals surface area contributed by atoms with E-state index in [9.17, 15) is 9.59 Å². The van der Waals surface area contributed by atoms with Crippen LogP contribution in [0.25, 0.3) is 32.9 Å². The van der Waals surface area contributed by atoms with Crippen LogP contribution in [0.4, 0.5) is 11.6 Å². The predicted octanol–water partition coefficient (Wildman–Crippen LogP) is 2.00. The van der Waals surface area contributed by atoms with Gasteiger partial charge in [0, 0.05) is 54.9 Å². The number of nitrogen functional groups attached to an aromatic ring is 1. The summed E-state index contributed by atoms with van der Waals surface area (Å²) in [6.07, 6.45) is 9.32. The van der Waals surface area contributed by atoms with Crippen LogP contribution in [0.2, 0.25) is 0 Å². The highest BCUT2D eigenvalue weighted by molar-refractivity contribution is 5.99. The lowest BCUT2D eigenvalue weighted by molar-refractivity contribution is -0.117. The number of carbonyl (C=O) groups is 1. The number of nitrogens with one attached hydrogen (secondary N) is 1. The Morgan fingerprint density at radius 3 is 2.71 bits per heavy atom. The quantitative estimate of drug-likeness (QED) is 0.408. The van der Waals surface area contributed by atoms with Crippen molar-refractivity contribution in [3.05, 3.63) is 65.1 Å². The molecule has 3 N–H and O–H groups in total. The Kier molecular flexibility index (Phi) is 4.59. The first-order valence-corrected chi connectivity index (χ1v) is 11.1. The first kappa shape index (κ1) is 20.9. The third-order valence-corrected chi connectivity index (χ3v) is 6.36.